The molecule has 0 aliphatic carbocycles. The third-order valence-corrected chi connectivity index (χ3v) is 3.53. The van der Waals surface area contributed by atoms with E-state index in [1.54, 1.807) is 25.3 Å². The number of carbonyl (C=O) groups is 1. The van der Waals surface area contributed by atoms with Crippen LogP contribution in [-0.4, -0.2) is 21.0 Å². The molecule has 0 aliphatic heterocycles. The Morgan fingerprint density at radius 3 is 2.64 bits per heavy atom. The van der Waals surface area contributed by atoms with Crippen LogP contribution in [0.1, 0.15) is 27.3 Å². The molecule has 1 aromatic carbocycles. The van der Waals surface area contributed by atoms with Gasteiger partial charge in [-0.3, -0.25) is 0 Å². The average Bonchev–Trinajstić information content (AvgIpc) is 2.88. The number of aromatic nitrogens is 2. The van der Waals surface area contributed by atoms with Crippen LogP contribution in [0.25, 0.3) is 11.1 Å². The van der Waals surface area contributed by atoms with E-state index < -0.39 is 5.97 Å². The number of fused-ring (bicyclic) bond motifs is 1. The van der Waals surface area contributed by atoms with Gasteiger partial charge in [0, 0.05) is 5.56 Å². The normalized spacial score (nSPS) is 11.0. The number of hydrogen-bond donors (Lipinski definition) is 2. The minimum atomic E-state index is -0.923. The first-order valence-electron chi connectivity index (χ1n) is 6.87. The number of aromatic carboxylic acids is 1. The van der Waals surface area contributed by atoms with Crippen molar-refractivity contribution in [2.45, 2.75) is 19.8 Å². The van der Waals surface area contributed by atoms with Crippen LogP contribution in [0.2, 0.25) is 0 Å². The summed E-state index contributed by atoms with van der Waals surface area (Å²) in [7, 11) is 0. The number of rotatable bonds is 4. The van der Waals surface area contributed by atoms with Crippen molar-refractivity contribution in [2.75, 3.05) is 5.73 Å². The number of nitrogen functional groups attached to an aromatic ring is 1. The molecule has 0 saturated heterocycles. The van der Waals surface area contributed by atoms with Crippen molar-refractivity contribution in [1.82, 2.24) is 9.97 Å². The molecule has 0 amide bonds. The van der Waals surface area contributed by atoms with Crippen molar-refractivity contribution in [3.8, 4) is 0 Å². The summed E-state index contributed by atoms with van der Waals surface area (Å²) in [5.74, 6) is 0.0790. The third kappa shape index (κ3) is 2.63. The van der Waals surface area contributed by atoms with Gasteiger partial charge in [-0.25, -0.2) is 9.78 Å². The zero-order chi connectivity index (χ0) is 15.7. The SMILES string of the molecule is Cc1nc(N)c2c(CCc3ccc(C(=O)O)cc3)coc2n1. The van der Waals surface area contributed by atoms with E-state index in [1.807, 2.05) is 12.1 Å². The van der Waals surface area contributed by atoms with Crippen LogP contribution < -0.4 is 5.73 Å². The highest BCUT2D eigenvalue weighted by Gasteiger charge is 2.12. The summed E-state index contributed by atoms with van der Waals surface area (Å²) >= 11 is 0. The lowest BCUT2D eigenvalue weighted by Gasteiger charge is -2.03. The molecular weight excluding hydrogens is 282 g/mol. The van der Waals surface area contributed by atoms with E-state index >= 15 is 0 Å². The Kier molecular flexibility index (Phi) is 3.50. The van der Waals surface area contributed by atoms with Gasteiger partial charge in [-0.2, -0.15) is 4.98 Å². The van der Waals surface area contributed by atoms with Gasteiger partial charge in [0.15, 0.2) is 0 Å². The number of aryl methyl sites for hydroxylation is 3. The Labute approximate surface area is 126 Å². The largest absolute Gasteiger partial charge is 0.478 e. The van der Waals surface area contributed by atoms with Crippen LogP contribution in [-0.2, 0) is 12.8 Å². The van der Waals surface area contributed by atoms with Crippen molar-refractivity contribution in [3.63, 3.8) is 0 Å². The van der Waals surface area contributed by atoms with Crippen LogP contribution in [0.5, 0.6) is 0 Å². The summed E-state index contributed by atoms with van der Waals surface area (Å²) < 4.78 is 5.44. The Bertz CT molecular complexity index is 838. The zero-order valence-corrected chi connectivity index (χ0v) is 12.0. The fourth-order valence-electron chi connectivity index (χ4n) is 2.42. The predicted molar refractivity (Wildman–Crippen MR) is 81.8 cm³/mol. The molecule has 0 aliphatic rings. The Balaban J connectivity index is 1.80. The van der Waals surface area contributed by atoms with Crippen LogP contribution >= 0.6 is 0 Å². The smallest absolute Gasteiger partial charge is 0.335 e. The molecule has 6 nitrogen and oxygen atoms in total. The molecule has 0 radical (unpaired) electrons. The van der Waals surface area contributed by atoms with E-state index in [-0.39, 0.29) is 5.56 Å². The maximum atomic E-state index is 10.8. The molecule has 0 unspecified atom stereocenters. The van der Waals surface area contributed by atoms with E-state index in [9.17, 15) is 4.79 Å². The fourth-order valence-corrected chi connectivity index (χ4v) is 2.42. The van der Waals surface area contributed by atoms with Crippen LogP contribution in [0.15, 0.2) is 34.9 Å². The summed E-state index contributed by atoms with van der Waals surface area (Å²) in [5, 5.41) is 9.64. The highest BCUT2D eigenvalue weighted by Crippen LogP contribution is 2.25. The lowest BCUT2D eigenvalue weighted by Crippen LogP contribution is -1.99. The Hall–Kier alpha value is -2.89. The second-order valence-corrected chi connectivity index (χ2v) is 5.10. The van der Waals surface area contributed by atoms with Gasteiger partial charge < -0.3 is 15.3 Å². The fraction of sp³-hybridized carbons (Fsp3) is 0.188. The minimum absolute atomic E-state index is 0.283. The van der Waals surface area contributed by atoms with E-state index in [2.05, 4.69) is 9.97 Å². The number of hydrogen-bond acceptors (Lipinski definition) is 5. The maximum Gasteiger partial charge on any atom is 0.335 e. The second-order valence-electron chi connectivity index (χ2n) is 5.10. The molecule has 2 heterocycles. The van der Waals surface area contributed by atoms with E-state index in [4.69, 9.17) is 15.3 Å². The van der Waals surface area contributed by atoms with E-state index in [0.717, 1.165) is 29.4 Å². The van der Waals surface area contributed by atoms with Gasteiger partial charge in [-0.15, -0.1) is 0 Å². The first kappa shape index (κ1) is 14.1. The molecule has 0 fully saturated rings. The van der Waals surface area contributed by atoms with Crippen molar-refractivity contribution >= 4 is 22.9 Å². The number of nitrogens with two attached hydrogens (primary N) is 1. The minimum Gasteiger partial charge on any atom is -0.478 e. The Morgan fingerprint density at radius 2 is 1.95 bits per heavy atom. The summed E-state index contributed by atoms with van der Waals surface area (Å²) in [6, 6.07) is 6.84. The Morgan fingerprint density at radius 1 is 1.23 bits per heavy atom. The summed E-state index contributed by atoms with van der Waals surface area (Å²) in [6.07, 6.45) is 3.12. The molecule has 22 heavy (non-hydrogen) atoms. The maximum absolute atomic E-state index is 10.8. The second kappa shape index (κ2) is 5.48. The van der Waals surface area contributed by atoms with Gasteiger partial charge in [0.1, 0.15) is 11.6 Å². The van der Waals surface area contributed by atoms with Crippen molar-refractivity contribution in [2.24, 2.45) is 0 Å². The van der Waals surface area contributed by atoms with Crippen LogP contribution in [0.3, 0.4) is 0 Å². The monoisotopic (exact) mass is 297 g/mol. The quantitative estimate of drug-likeness (QED) is 0.767. The van der Waals surface area contributed by atoms with Crippen LogP contribution in [0.4, 0.5) is 5.82 Å². The van der Waals surface area contributed by atoms with Crippen molar-refractivity contribution < 1.29 is 14.3 Å². The summed E-state index contributed by atoms with van der Waals surface area (Å²) in [4.78, 5) is 19.2. The highest BCUT2D eigenvalue weighted by molar-refractivity contribution is 5.88. The lowest BCUT2D eigenvalue weighted by atomic mass is 10.0. The molecule has 3 aromatic rings. The molecule has 6 heteroatoms. The van der Waals surface area contributed by atoms with Gasteiger partial charge in [-0.05, 0) is 37.5 Å². The van der Waals surface area contributed by atoms with Gasteiger partial charge in [-0.1, -0.05) is 12.1 Å². The first-order valence-corrected chi connectivity index (χ1v) is 6.87. The summed E-state index contributed by atoms with van der Waals surface area (Å²) in [5.41, 5.74) is 8.73. The molecular formula is C16H15N3O3. The van der Waals surface area contributed by atoms with E-state index in [1.165, 1.54) is 0 Å². The molecule has 0 bridgehead atoms. The summed E-state index contributed by atoms with van der Waals surface area (Å²) in [6.45, 7) is 1.77. The molecule has 0 saturated carbocycles. The van der Waals surface area contributed by atoms with Gasteiger partial charge in [0.2, 0.25) is 5.71 Å². The number of furan rings is 1. The van der Waals surface area contributed by atoms with Crippen molar-refractivity contribution in [1.29, 1.82) is 0 Å². The topological polar surface area (TPSA) is 102 Å². The number of anilines is 1. The number of carboxylic acid groups (broad SMARTS) is 1. The molecule has 112 valence electrons. The predicted octanol–water partition coefficient (Wildman–Crippen LogP) is 2.60. The number of benzene rings is 1. The molecule has 3 N–H and O–H groups in total. The molecule has 0 spiro atoms. The molecule has 3 rings (SSSR count). The zero-order valence-electron chi connectivity index (χ0n) is 12.0. The number of carboxylic acids is 1. The van der Waals surface area contributed by atoms with Crippen molar-refractivity contribution in [3.05, 3.63) is 53.0 Å². The number of nitrogens with zero attached hydrogens (tertiary/aromatic N) is 2. The average molecular weight is 297 g/mol. The molecule has 0 atom stereocenters. The highest BCUT2D eigenvalue weighted by atomic mass is 16.4. The van der Waals surface area contributed by atoms with Gasteiger partial charge >= 0.3 is 5.97 Å². The first-order chi connectivity index (χ1) is 10.5. The molecule has 2 aromatic heterocycles. The van der Waals surface area contributed by atoms with E-state index in [0.29, 0.717) is 17.4 Å². The lowest BCUT2D eigenvalue weighted by molar-refractivity contribution is 0.0697. The van der Waals surface area contributed by atoms with Gasteiger partial charge in [0.25, 0.3) is 0 Å². The third-order valence-electron chi connectivity index (χ3n) is 3.53. The van der Waals surface area contributed by atoms with Gasteiger partial charge in [0.05, 0.1) is 17.2 Å². The van der Waals surface area contributed by atoms with Crippen LogP contribution in [0, 0.1) is 6.92 Å². The standard InChI is InChI=1S/C16H15N3O3/c1-9-18-14(17)13-12(8-22-15(13)19-9)7-4-10-2-5-11(6-3-10)16(20)21/h2-3,5-6,8H,4,7H2,1H3,(H,20,21)(H2,17,18,19).